The fraction of sp³-hybridized carbons (Fsp3) is 0.737. The molecule has 0 aromatic rings. The lowest BCUT2D eigenvalue weighted by Crippen LogP contribution is -2.61. The molecule has 0 saturated carbocycles. The van der Waals surface area contributed by atoms with Crippen molar-refractivity contribution >= 4 is 11.9 Å². The van der Waals surface area contributed by atoms with Crippen LogP contribution in [-0.2, 0) is 23.8 Å². The molecule has 8 unspecified atom stereocenters. The molecule has 0 radical (unpaired) electrons. The molecule has 1 heterocycles. The summed E-state index contributed by atoms with van der Waals surface area (Å²) in [5.41, 5.74) is 0. The number of aliphatic hydroxyl groups excluding tert-OH is 5. The third-order valence-electron chi connectivity index (χ3n) is 16.1. The van der Waals surface area contributed by atoms with E-state index < -0.39 is 67.4 Å². The van der Waals surface area contributed by atoms with Gasteiger partial charge in [0.25, 0.3) is 0 Å². The van der Waals surface area contributed by atoms with Gasteiger partial charge in [-0.2, -0.15) is 0 Å². The van der Waals surface area contributed by atoms with Crippen LogP contribution in [0.5, 0.6) is 0 Å². The van der Waals surface area contributed by atoms with Gasteiger partial charge in [0.05, 0.1) is 25.4 Å². The standard InChI is InChI=1S/C76H131NO10/c1-4-7-10-13-16-19-22-25-27-29-31-33-34-35-36-37-39-41-43-46-49-52-55-58-61-64-71(81)87-74-73(83)72(82)70(65-78)86-76(74)85-66-67(68(79)62-59-56-53-50-47-44-24-21-18-15-12-9-6-3)77-75(84)69(80)63-60-57-54-51-48-45-42-40-38-32-30-28-26-23-20-17-14-11-8-5-2/h16-17,19-20,25-28,31-33,35-36,38,42,45,59,62,67-70,72-74,76,78-80,82-83H,4-15,18,21-24,29-30,34,37,39-41,43-44,46-58,60-61,63-66H2,1-3H3,(H,77,84)/b19-16-,20-17-,27-25-,28-26-,33-31-,36-35-,38-32-,45-42-,62-59+. The monoisotopic (exact) mass is 1220 g/mol. The molecule has 0 aromatic carbocycles. The highest BCUT2D eigenvalue weighted by molar-refractivity contribution is 5.80. The Morgan fingerprint density at radius 2 is 0.793 bits per heavy atom. The maximum absolute atomic E-state index is 13.5. The van der Waals surface area contributed by atoms with Gasteiger partial charge in [0.2, 0.25) is 5.91 Å². The van der Waals surface area contributed by atoms with Crippen LogP contribution < -0.4 is 5.32 Å². The maximum atomic E-state index is 13.5. The number of carbonyl (C=O) groups excluding carboxylic acids is 2. The van der Waals surface area contributed by atoms with E-state index >= 15 is 0 Å². The minimum atomic E-state index is -1.63. The molecule has 0 spiro atoms. The van der Waals surface area contributed by atoms with Crippen molar-refractivity contribution in [3.8, 4) is 0 Å². The molecule has 1 fully saturated rings. The first kappa shape index (κ1) is 81.3. The van der Waals surface area contributed by atoms with E-state index in [2.05, 4.69) is 123 Å². The summed E-state index contributed by atoms with van der Waals surface area (Å²) in [7, 11) is 0. The predicted molar refractivity (Wildman–Crippen MR) is 365 cm³/mol. The Balaban J connectivity index is 2.62. The van der Waals surface area contributed by atoms with Crippen molar-refractivity contribution < 1.29 is 49.3 Å². The molecule has 0 aliphatic carbocycles. The van der Waals surface area contributed by atoms with Crippen molar-refractivity contribution in [2.45, 2.75) is 346 Å². The molecule has 1 aliphatic rings. The van der Waals surface area contributed by atoms with E-state index in [0.29, 0.717) is 12.8 Å². The molecule has 1 aliphatic heterocycles. The van der Waals surface area contributed by atoms with Crippen LogP contribution in [0.2, 0.25) is 0 Å². The average molecular weight is 1220 g/mol. The Morgan fingerprint density at radius 3 is 1.21 bits per heavy atom. The molecule has 8 atom stereocenters. The second kappa shape index (κ2) is 62.5. The molecule has 11 heteroatoms. The minimum absolute atomic E-state index is 0.109. The van der Waals surface area contributed by atoms with Gasteiger partial charge in [0.1, 0.15) is 24.4 Å². The normalized spacial score (nSPS) is 18.9. The summed E-state index contributed by atoms with van der Waals surface area (Å²) in [4.78, 5) is 26.7. The van der Waals surface area contributed by atoms with Crippen molar-refractivity contribution in [2.24, 2.45) is 0 Å². The number of unbranched alkanes of at least 4 members (excludes halogenated alkanes) is 30. The van der Waals surface area contributed by atoms with Gasteiger partial charge >= 0.3 is 5.97 Å². The second-order valence-electron chi connectivity index (χ2n) is 24.3. The van der Waals surface area contributed by atoms with Crippen LogP contribution in [0.3, 0.4) is 0 Å². The molecule has 500 valence electrons. The van der Waals surface area contributed by atoms with Gasteiger partial charge in [0, 0.05) is 6.42 Å². The first-order chi connectivity index (χ1) is 42.7. The fourth-order valence-electron chi connectivity index (χ4n) is 10.5. The highest BCUT2D eigenvalue weighted by Gasteiger charge is 2.47. The third kappa shape index (κ3) is 49.7. The molecule has 0 bridgehead atoms. The summed E-state index contributed by atoms with van der Waals surface area (Å²) in [6, 6.07) is -1.04. The number of hydrogen-bond donors (Lipinski definition) is 6. The first-order valence-electron chi connectivity index (χ1n) is 35.7. The zero-order valence-corrected chi connectivity index (χ0v) is 55.6. The van der Waals surface area contributed by atoms with E-state index in [-0.39, 0.29) is 19.4 Å². The molecule has 6 N–H and O–H groups in total. The molecule has 11 nitrogen and oxygen atoms in total. The van der Waals surface area contributed by atoms with Gasteiger partial charge in [-0.05, 0) is 116 Å². The fourth-order valence-corrected chi connectivity index (χ4v) is 10.5. The van der Waals surface area contributed by atoms with Crippen LogP contribution in [0.15, 0.2) is 109 Å². The second-order valence-corrected chi connectivity index (χ2v) is 24.3. The van der Waals surface area contributed by atoms with Crippen LogP contribution in [0.4, 0.5) is 0 Å². The molecular weight excluding hydrogens is 1090 g/mol. The van der Waals surface area contributed by atoms with Crippen molar-refractivity contribution in [2.75, 3.05) is 13.2 Å². The largest absolute Gasteiger partial charge is 0.454 e. The van der Waals surface area contributed by atoms with E-state index in [0.717, 1.165) is 116 Å². The average Bonchev–Trinajstić information content (AvgIpc) is 2.32. The highest BCUT2D eigenvalue weighted by Crippen LogP contribution is 2.26. The summed E-state index contributed by atoms with van der Waals surface area (Å²) < 4.78 is 17.7. The van der Waals surface area contributed by atoms with E-state index in [1.54, 1.807) is 6.08 Å². The van der Waals surface area contributed by atoms with Crippen LogP contribution in [-0.4, -0.2) is 99.6 Å². The van der Waals surface area contributed by atoms with Crippen molar-refractivity contribution in [3.05, 3.63) is 109 Å². The van der Waals surface area contributed by atoms with E-state index in [1.807, 2.05) is 6.08 Å². The number of esters is 1. The van der Waals surface area contributed by atoms with Crippen molar-refractivity contribution in [1.82, 2.24) is 5.32 Å². The van der Waals surface area contributed by atoms with Gasteiger partial charge < -0.3 is 45.1 Å². The number of aliphatic hydroxyl groups is 5. The smallest absolute Gasteiger partial charge is 0.306 e. The molecular formula is C76H131NO10. The Morgan fingerprint density at radius 1 is 0.448 bits per heavy atom. The number of ether oxygens (including phenoxy) is 3. The predicted octanol–water partition coefficient (Wildman–Crippen LogP) is 18.4. The number of rotatable bonds is 60. The number of allylic oxidation sites excluding steroid dienone is 17. The topological polar surface area (TPSA) is 175 Å². The lowest BCUT2D eigenvalue weighted by Gasteiger charge is -2.41. The summed E-state index contributed by atoms with van der Waals surface area (Å²) in [5.74, 6) is -1.22. The van der Waals surface area contributed by atoms with Crippen LogP contribution >= 0.6 is 0 Å². The summed E-state index contributed by atoms with van der Waals surface area (Å²) in [6.45, 7) is 5.74. The van der Waals surface area contributed by atoms with Crippen LogP contribution in [0, 0.1) is 0 Å². The Bertz CT molecular complexity index is 1830. The van der Waals surface area contributed by atoms with E-state index in [9.17, 15) is 35.1 Å². The number of carbonyl (C=O) groups is 2. The quantitative estimate of drug-likeness (QED) is 0.0195. The Hall–Kier alpha value is -3.68. The number of amides is 1. The van der Waals surface area contributed by atoms with Crippen molar-refractivity contribution in [1.29, 1.82) is 0 Å². The third-order valence-corrected chi connectivity index (χ3v) is 16.1. The lowest BCUT2D eigenvalue weighted by atomic mass is 9.99. The van der Waals surface area contributed by atoms with Gasteiger partial charge in [-0.1, -0.05) is 284 Å². The minimum Gasteiger partial charge on any atom is -0.454 e. The zero-order valence-electron chi connectivity index (χ0n) is 55.6. The summed E-state index contributed by atoms with van der Waals surface area (Å²) in [5, 5.41) is 57.2. The van der Waals surface area contributed by atoms with Gasteiger partial charge in [0.15, 0.2) is 12.4 Å². The lowest BCUT2D eigenvalue weighted by molar-refractivity contribution is -0.305. The van der Waals surface area contributed by atoms with Gasteiger partial charge in [-0.25, -0.2) is 0 Å². The maximum Gasteiger partial charge on any atom is 0.306 e. The van der Waals surface area contributed by atoms with Gasteiger partial charge in [-0.3, -0.25) is 9.59 Å². The Kier molecular flexibility index (Phi) is 58.4. The molecule has 87 heavy (non-hydrogen) atoms. The molecule has 0 aromatic heterocycles. The van der Waals surface area contributed by atoms with Gasteiger partial charge in [-0.15, -0.1) is 0 Å². The Labute approximate surface area is 532 Å². The first-order valence-corrected chi connectivity index (χ1v) is 35.7. The molecule has 1 amide bonds. The molecule has 1 saturated heterocycles. The number of hydrogen-bond acceptors (Lipinski definition) is 10. The molecule has 1 rings (SSSR count). The summed E-state index contributed by atoms with van der Waals surface area (Å²) in [6.07, 6.45) is 75.4. The van der Waals surface area contributed by atoms with Crippen LogP contribution in [0.1, 0.15) is 297 Å². The van der Waals surface area contributed by atoms with E-state index in [4.69, 9.17) is 14.2 Å². The van der Waals surface area contributed by atoms with E-state index in [1.165, 1.54) is 135 Å². The SMILES string of the molecule is CCCCC/C=C\C/C=C\C/C=C\C/C=C\CCCCCCCCCCCC(=O)OC1C(OCC(NC(=O)C(O)CCCCCC/C=C\C/C=C\C/C=C\C/C=C\CCCCC)C(O)/C=C/CCCCCCCCCCCCC)OC(CO)C(O)C1O. The zero-order chi connectivity index (χ0) is 63.1. The van der Waals surface area contributed by atoms with Crippen LogP contribution in [0.25, 0.3) is 0 Å². The van der Waals surface area contributed by atoms with Crippen molar-refractivity contribution in [3.63, 3.8) is 0 Å². The summed E-state index contributed by atoms with van der Waals surface area (Å²) >= 11 is 0. The highest BCUT2D eigenvalue weighted by atomic mass is 16.7. The number of nitrogens with one attached hydrogen (secondary N) is 1.